The maximum absolute atomic E-state index is 13.2. The van der Waals surface area contributed by atoms with Gasteiger partial charge in [0.05, 0.1) is 6.10 Å². The highest BCUT2D eigenvalue weighted by Gasteiger charge is 2.13. The summed E-state index contributed by atoms with van der Waals surface area (Å²) < 4.78 is 14.0. The van der Waals surface area contributed by atoms with Crippen molar-refractivity contribution in [2.24, 2.45) is 0 Å². The van der Waals surface area contributed by atoms with E-state index >= 15 is 0 Å². The predicted octanol–water partition coefficient (Wildman–Crippen LogP) is 4.49. The molecule has 4 heteroatoms. The Morgan fingerprint density at radius 2 is 2.11 bits per heavy atom. The van der Waals surface area contributed by atoms with E-state index in [4.69, 9.17) is 0 Å². The minimum atomic E-state index is -0.576. The van der Waals surface area contributed by atoms with Gasteiger partial charge in [0.2, 0.25) is 0 Å². The van der Waals surface area contributed by atoms with Gasteiger partial charge in [0.1, 0.15) is 5.82 Å². The molecule has 0 aliphatic carbocycles. The topological polar surface area (TPSA) is 20.2 Å². The molecule has 0 radical (unpaired) electrons. The van der Waals surface area contributed by atoms with Crippen LogP contribution < -0.4 is 0 Å². The molecule has 0 aliphatic heterocycles. The van der Waals surface area contributed by atoms with Crippen molar-refractivity contribution < 1.29 is 9.50 Å². The van der Waals surface area contributed by atoms with Crippen molar-refractivity contribution in [3.05, 3.63) is 55.9 Å². The molecule has 2 rings (SSSR count). The van der Waals surface area contributed by atoms with Crippen molar-refractivity contribution in [1.29, 1.82) is 0 Å². The van der Waals surface area contributed by atoms with E-state index in [1.54, 1.807) is 17.4 Å². The Morgan fingerprint density at radius 1 is 1.33 bits per heavy atom. The summed E-state index contributed by atoms with van der Waals surface area (Å²) in [6.45, 7) is 2.09. The third-order valence-corrected chi connectivity index (χ3v) is 4.88. The van der Waals surface area contributed by atoms with Gasteiger partial charge in [0.15, 0.2) is 0 Å². The molecule has 2 aromatic rings. The summed E-state index contributed by atoms with van der Waals surface area (Å²) in [6, 6.07) is 8.51. The molecule has 0 bridgehead atoms. The van der Waals surface area contributed by atoms with Gasteiger partial charge in [-0.05, 0) is 42.3 Å². The fourth-order valence-corrected chi connectivity index (χ4v) is 3.12. The average Bonchev–Trinajstić information content (AvgIpc) is 2.82. The molecule has 0 fully saturated rings. The van der Waals surface area contributed by atoms with Crippen LogP contribution >= 0.6 is 27.3 Å². The third kappa shape index (κ3) is 3.19. The maximum Gasteiger partial charge on any atom is 0.123 e. The van der Waals surface area contributed by atoms with Gasteiger partial charge in [-0.3, -0.25) is 0 Å². The van der Waals surface area contributed by atoms with E-state index in [0.717, 1.165) is 21.3 Å². The molecule has 0 saturated heterocycles. The lowest BCUT2D eigenvalue weighted by Crippen LogP contribution is -2.00. The minimum absolute atomic E-state index is 0.277. The van der Waals surface area contributed by atoms with E-state index < -0.39 is 6.10 Å². The summed E-state index contributed by atoms with van der Waals surface area (Å²) in [5, 5.41) is 10.2. The van der Waals surface area contributed by atoms with Crippen LogP contribution in [0.25, 0.3) is 0 Å². The van der Waals surface area contributed by atoms with Gasteiger partial charge < -0.3 is 5.11 Å². The van der Waals surface area contributed by atoms with Crippen LogP contribution in [0.3, 0.4) is 0 Å². The summed E-state index contributed by atoms with van der Waals surface area (Å²) in [6.07, 6.45) is 0.816. The number of hydrogen-bond donors (Lipinski definition) is 1. The molecule has 1 N–H and O–H groups in total. The van der Waals surface area contributed by atoms with Gasteiger partial charge in [-0.1, -0.05) is 22.9 Å². The van der Waals surface area contributed by atoms with E-state index in [0.29, 0.717) is 6.42 Å². The van der Waals surface area contributed by atoms with Crippen molar-refractivity contribution >= 4 is 27.3 Å². The van der Waals surface area contributed by atoms with Crippen molar-refractivity contribution in [3.8, 4) is 0 Å². The predicted molar refractivity (Wildman–Crippen MR) is 76.5 cm³/mol. The molecule has 96 valence electrons. The largest absolute Gasteiger partial charge is 0.387 e. The SMILES string of the molecule is CCc1ccc(C(O)Cc2cc(F)ccc2Br)s1. The molecule has 1 aromatic carbocycles. The lowest BCUT2D eigenvalue weighted by molar-refractivity contribution is 0.182. The number of hydrogen-bond acceptors (Lipinski definition) is 2. The fourth-order valence-electron chi connectivity index (χ4n) is 1.77. The number of benzene rings is 1. The van der Waals surface area contributed by atoms with E-state index in [-0.39, 0.29) is 5.82 Å². The summed E-state index contributed by atoms with van der Waals surface area (Å²) in [5.74, 6) is -0.277. The molecule has 0 amide bonds. The van der Waals surface area contributed by atoms with E-state index in [1.807, 2.05) is 12.1 Å². The minimum Gasteiger partial charge on any atom is -0.387 e. The van der Waals surface area contributed by atoms with Gasteiger partial charge in [0, 0.05) is 20.6 Å². The second kappa shape index (κ2) is 5.95. The highest BCUT2D eigenvalue weighted by Crippen LogP contribution is 2.29. The van der Waals surface area contributed by atoms with Gasteiger partial charge in [0.25, 0.3) is 0 Å². The molecule has 18 heavy (non-hydrogen) atoms. The van der Waals surface area contributed by atoms with Crippen LogP contribution in [0.2, 0.25) is 0 Å². The molecule has 0 spiro atoms. The Labute approximate surface area is 118 Å². The smallest absolute Gasteiger partial charge is 0.123 e. The summed E-state index contributed by atoms with van der Waals surface area (Å²) in [7, 11) is 0. The molecule has 0 aliphatic rings. The van der Waals surface area contributed by atoms with Gasteiger partial charge >= 0.3 is 0 Å². The molecule has 1 aromatic heterocycles. The monoisotopic (exact) mass is 328 g/mol. The fraction of sp³-hybridized carbons (Fsp3) is 0.286. The van der Waals surface area contributed by atoms with E-state index in [2.05, 4.69) is 22.9 Å². The number of halogens is 2. The molecule has 1 unspecified atom stereocenters. The second-order valence-corrected chi connectivity index (χ2v) is 6.17. The lowest BCUT2D eigenvalue weighted by Gasteiger charge is -2.10. The molecular weight excluding hydrogens is 315 g/mol. The van der Waals surface area contributed by atoms with E-state index in [1.165, 1.54) is 17.0 Å². The Bertz CT molecular complexity index is 538. The number of thiophene rings is 1. The number of rotatable bonds is 4. The molecule has 0 saturated carbocycles. The van der Waals surface area contributed by atoms with Crippen molar-refractivity contribution in [2.45, 2.75) is 25.9 Å². The first-order valence-corrected chi connectivity index (χ1v) is 7.41. The first-order chi connectivity index (χ1) is 8.60. The van der Waals surface area contributed by atoms with Crippen molar-refractivity contribution in [2.75, 3.05) is 0 Å². The first-order valence-electron chi connectivity index (χ1n) is 5.80. The van der Waals surface area contributed by atoms with Crippen LogP contribution in [0.4, 0.5) is 4.39 Å². The zero-order valence-corrected chi connectivity index (χ0v) is 12.4. The zero-order chi connectivity index (χ0) is 13.1. The third-order valence-electron chi connectivity index (χ3n) is 2.78. The van der Waals surface area contributed by atoms with Gasteiger partial charge in [-0.15, -0.1) is 11.3 Å². The Hall–Kier alpha value is -0.710. The van der Waals surface area contributed by atoms with E-state index in [9.17, 15) is 9.50 Å². The summed E-state index contributed by atoms with van der Waals surface area (Å²) in [4.78, 5) is 2.19. The van der Waals surface area contributed by atoms with Crippen LogP contribution in [-0.4, -0.2) is 5.11 Å². The van der Waals surface area contributed by atoms with Crippen molar-refractivity contribution in [1.82, 2.24) is 0 Å². The highest BCUT2D eigenvalue weighted by molar-refractivity contribution is 9.10. The maximum atomic E-state index is 13.2. The highest BCUT2D eigenvalue weighted by atomic mass is 79.9. The summed E-state index contributed by atoms with van der Waals surface area (Å²) in [5.41, 5.74) is 0.786. The summed E-state index contributed by atoms with van der Waals surface area (Å²) >= 11 is 4.99. The first kappa shape index (κ1) is 13.7. The van der Waals surface area contributed by atoms with Crippen LogP contribution in [0, 0.1) is 5.82 Å². The Morgan fingerprint density at radius 3 is 2.78 bits per heavy atom. The number of aliphatic hydroxyl groups is 1. The normalized spacial score (nSPS) is 12.7. The molecular formula is C14H14BrFOS. The van der Waals surface area contributed by atoms with Gasteiger partial charge in [-0.25, -0.2) is 4.39 Å². The zero-order valence-electron chi connectivity index (χ0n) is 9.99. The Balaban J connectivity index is 2.15. The lowest BCUT2D eigenvalue weighted by atomic mass is 10.1. The van der Waals surface area contributed by atoms with Crippen molar-refractivity contribution in [3.63, 3.8) is 0 Å². The average molecular weight is 329 g/mol. The molecule has 1 heterocycles. The van der Waals surface area contributed by atoms with Crippen LogP contribution in [0.15, 0.2) is 34.8 Å². The van der Waals surface area contributed by atoms with Gasteiger partial charge in [-0.2, -0.15) is 0 Å². The van der Waals surface area contributed by atoms with Crippen LogP contribution in [0.1, 0.15) is 28.3 Å². The quantitative estimate of drug-likeness (QED) is 0.876. The molecule has 1 atom stereocenters. The Kier molecular flexibility index (Phi) is 4.54. The second-order valence-electron chi connectivity index (χ2n) is 4.11. The molecule has 1 nitrogen and oxygen atoms in total. The standard InChI is InChI=1S/C14H14BrFOS/c1-2-11-4-6-14(18-11)13(17)8-9-7-10(16)3-5-12(9)15/h3-7,13,17H,2,8H2,1H3. The number of aliphatic hydroxyl groups excluding tert-OH is 1. The van der Waals surface area contributed by atoms with Crippen LogP contribution in [-0.2, 0) is 12.8 Å². The number of aryl methyl sites for hydroxylation is 1. The van der Waals surface area contributed by atoms with Crippen LogP contribution in [0.5, 0.6) is 0 Å².